The number of nitrogens with zero attached hydrogens (tertiary/aromatic N) is 2. The number of hydrogen-bond acceptors (Lipinski definition) is 4. The zero-order chi connectivity index (χ0) is 22.3. The van der Waals surface area contributed by atoms with E-state index in [4.69, 9.17) is 10.5 Å². The highest BCUT2D eigenvalue weighted by atomic mass is 79.9. The number of halogens is 1. The van der Waals surface area contributed by atoms with Gasteiger partial charge in [0.15, 0.2) is 0 Å². The predicted octanol–water partition coefficient (Wildman–Crippen LogP) is 6.32. The van der Waals surface area contributed by atoms with Gasteiger partial charge in [0.05, 0.1) is 11.6 Å². The van der Waals surface area contributed by atoms with Crippen LogP contribution >= 0.6 is 15.9 Å². The fourth-order valence-electron chi connectivity index (χ4n) is 5.72. The van der Waals surface area contributed by atoms with Crippen LogP contribution in [0.25, 0.3) is 0 Å². The number of pyridine rings is 1. The molecule has 0 amide bonds. The Bertz CT molecular complexity index is 830. The third kappa shape index (κ3) is 6.55. The zero-order valence-corrected chi connectivity index (χ0v) is 21.0. The second kappa shape index (κ2) is 11.6. The third-order valence-electron chi connectivity index (χ3n) is 7.63. The van der Waals surface area contributed by atoms with Crippen LogP contribution in [0, 0.1) is 11.8 Å². The van der Waals surface area contributed by atoms with Crippen LogP contribution in [-0.2, 0) is 13.1 Å². The normalized spacial score (nSPS) is 26.2. The number of methoxy groups -OCH3 is 1. The van der Waals surface area contributed by atoms with Crippen LogP contribution in [0.4, 0.5) is 0 Å². The largest absolute Gasteiger partial charge is 0.496 e. The van der Waals surface area contributed by atoms with Crippen LogP contribution in [0.1, 0.15) is 68.9 Å². The van der Waals surface area contributed by atoms with Crippen LogP contribution in [0.2, 0.25) is 0 Å². The van der Waals surface area contributed by atoms with Gasteiger partial charge in [-0.3, -0.25) is 9.88 Å². The molecule has 5 heteroatoms. The topological polar surface area (TPSA) is 51.4 Å². The molecule has 174 valence electrons. The fraction of sp³-hybridized carbons (Fsp3) is 0.593. The van der Waals surface area contributed by atoms with Crippen LogP contribution in [-0.4, -0.2) is 29.1 Å². The van der Waals surface area contributed by atoms with Crippen molar-refractivity contribution in [3.05, 3.63) is 58.3 Å². The molecule has 0 unspecified atom stereocenters. The van der Waals surface area contributed by atoms with E-state index >= 15 is 0 Å². The van der Waals surface area contributed by atoms with Gasteiger partial charge in [0, 0.05) is 37.6 Å². The smallest absolute Gasteiger partial charge is 0.133 e. The minimum absolute atomic E-state index is 0.460. The Labute approximate surface area is 202 Å². The molecule has 32 heavy (non-hydrogen) atoms. The molecule has 4 nitrogen and oxygen atoms in total. The van der Waals surface area contributed by atoms with Crippen molar-refractivity contribution in [3.8, 4) is 5.75 Å². The summed E-state index contributed by atoms with van der Waals surface area (Å²) in [6, 6.07) is 11.9. The highest BCUT2D eigenvalue weighted by molar-refractivity contribution is 9.10. The summed E-state index contributed by atoms with van der Waals surface area (Å²) in [5.74, 6) is 2.71. The van der Waals surface area contributed by atoms with E-state index in [-0.39, 0.29) is 0 Å². The van der Waals surface area contributed by atoms with Crippen LogP contribution in [0.15, 0.2) is 47.2 Å². The number of rotatable bonds is 8. The Hall–Kier alpha value is -1.43. The first-order chi connectivity index (χ1) is 15.6. The van der Waals surface area contributed by atoms with Gasteiger partial charge in [-0.1, -0.05) is 6.07 Å². The Balaban J connectivity index is 1.38. The van der Waals surface area contributed by atoms with Gasteiger partial charge in [-0.15, -0.1) is 0 Å². The molecule has 1 heterocycles. The molecule has 1 aromatic carbocycles. The van der Waals surface area contributed by atoms with Gasteiger partial charge in [-0.05, 0) is 121 Å². The molecule has 1 aromatic heterocycles. The van der Waals surface area contributed by atoms with Crippen molar-refractivity contribution in [2.75, 3.05) is 7.11 Å². The van der Waals surface area contributed by atoms with E-state index in [1.807, 2.05) is 12.4 Å². The molecule has 2 saturated carbocycles. The first kappa shape index (κ1) is 23.7. The van der Waals surface area contributed by atoms with Crippen molar-refractivity contribution in [1.82, 2.24) is 9.88 Å². The molecule has 0 aliphatic heterocycles. The molecular formula is C27H38BrN3O. The zero-order valence-electron chi connectivity index (χ0n) is 19.4. The molecule has 0 radical (unpaired) electrons. The standard InChI is InChI=1S/C27H38BrN3O/c1-32-27-11-6-23(17-26(27)28)19-31(18-22-12-14-30-15-13-22)25-9-4-21(5-10-25)16-20-2-7-24(29)8-3-20/h6,11-15,17,20-21,24-25H,2-5,7-10,16,18-19,29H2,1H3. The molecule has 0 bridgehead atoms. The summed E-state index contributed by atoms with van der Waals surface area (Å²) in [5.41, 5.74) is 8.78. The molecular weight excluding hydrogens is 462 g/mol. The predicted molar refractivity (Wildman–Crippen MR) is 134 cm³/mol. The van der Waals surface area contributed by atoms with Crippen molar-refractivity contribution in [2.45, 2.75) is 83.0 Å². The van der Waals surface area contributed by atoms with E-state index in [0.717, 1.165) is 35.1 Å². The highest BCUT2D eigenvalue weighted by Gasteiger charge is 2.29. The molecule has 2 aliphatic carbocycles. The maximum atomic E-state index is 6.11. The van der Waals surface area contributed by atoms with Gasteiger partial charge in [-0.25, -0.2) is 0 Å². The monoisotopic (exact) mass is 499 g/mol. The molecule has 4 rings (SSSR count). The van der Waals surface area contributed by atoms with Crippen molar-refractivity contribution < 1.29 is 4.74 Å². The summed E-state index contributed by atoms with van der Waals surface area (Å²) < 4.78 is 6.45. The van der Waals surface area contributed by atoms with Gasteiger partial charge in [0.2, 0.25) is 0 Å². The number of benzene rings is 1. The lowest BCUT2D eigenvalue weighted by Gasteiger charge is -2.38. The van der Waals surface area contributed by atoms with Crippen LogP contribution in [0.3, 0.4) is 0 Å². The summed E-state index contributed by atoms with van der Waals surface area (Å²) in [7, 11) is 1.72. The Morgan fingerprint density at radius 1 is 0.906 bits per heavy atom. The van der Waals surface area contributed by atoms with Gasteiger partial charge in [0.25, 0.3) is 0 Å². The van der Waals surface area contributed by atoms with Gasteiger partial charge >= 0.3 is 0 Å². The lowest BCUT2D eigenvalue weighted by atomic mass is 9.75. The lowest BCUT2D eigenvalue weighted by Crippen LogP contribution is -2.37. The van der Waals surface area contributed by atoms with Crippen molar-refractivity contribution >= 4 is 15.9 Å². The van der Waals surface area contributed by atoms with Crippen molar-refractivity contribution in [1.29, 1.82) is 0 Å². The maximum absolute atomic E-state index is 6.11. The molecule has 2 aliphatic rings. The Morgan fingerprint density at radius 2 is 1.53 bits per heavy atom. The van der Waals surface area contributed by atoms with Crippen LogP contribution < -0.4 is 10.5 Å². The summed E-state index contributed by atoms with van der Waals surface area (Å²) >= 11 is 3.66. The van der Waals surface area contributed by atoms with E-state index in [2.05, 4.69) is 56.1 Å². The van der Waals surface area contributed by atoms with E-state index < -0.39 is 0 Å². The second-order valence-corrected chi connectivity index (χ2v) is 10.8. The SMILES string of the molecule is COc1ccc(CN(Cc2ccncc2)C2CCC(CC3CCC(N)CC3)CC2)cc1Br. The average molecular weight is 501 g/mol. The summed E-state index contributed by atoms with van der Waals surface area (Å²) in [4.78, 5) is 6.88. The maximum Gasteiger partial charge on any atom is 0.133 e. The number of nitrogens with two attached hydrogens (primary N) is 1. The fourth-order valence-corrected chi connectivity index (χ4v) is 6.31. The molecule has 2 fully saturated rings. The van der Waals surface area contributed by atoms with Crippen molar-refractivity contribution in [3.63, 3.8) is 0 Å². The Kier molecular flexibility index (Phi) is 8.62. The van der Waals surface area contributed by atoms with Crippen molar-refractivity contribution in [2.24, 2.45) is 17.6 Å². The van der Waals surface area contributed by atoms with E-state index in [9.17, 15) is 0 Å². The van der Waals surface area contributed by atoms with Crippen LogP contribution in [0.5, 0.6) is 5.75 Å². The summed E-state index contributed by atoms with van der Waals surface area (Å²) in [6.07, 6.45) is 15.7. The minimum atomic E-state index is 0.460. The van der Waals surface area contributed by atoms with E-state index in [1.54, 1.807) is 7.11 Å². The number of hydrogen-bond donors (Lipinski definition) is 1. The highest BCUT2D eigenvalue weighted by Crippen LogP contribution is 2.37. The van der Waals surface area contributed by atoms with E-state index in [0.29, 0.717) is 12.1 Å². The second-order valence-electron chi connectivity index (χ2n) is 9.92. The average Bonchev–Trinajstić information content (AvgIpc) is 2.81. The number of ether oxygens (including phenoxy) is 1. The quantitative estimate of drug-likeness (QED) is 0.461. The van der Waals surface area contributed by atoms with E-state index in [1.165, 1.54) is 68.9 Å². The molecule has 0 spiro atoms. The summed E-state index contributed by atoms with van der Waals surface area (Å²) in [5, 5.41) is 0. The minimum Gasteiger partial charge on any atom is -0.496 e. The molecule has 2 aromatic rings. The number of aromatic nitrogens is 1. The Morgan fingerprint density at radius 3 is 2.16 bits per heavy atom. The first-order valence-corrected chi connectivity index (χ1v) is 13.1. The van der Waals surface area contributed by atoms with Gasteiger partial charge in [0.1, 0.15) is 5.75 Å². The first-order valence-electron chi connectivity index (χ1n) is 12.3. The lowest BCUT2D eigenvalue weighted by molar-refractivity contribution is 0.111. The van der Waals surface area contributed by atoms with Gasteiger partial charge in [-0.2, -0.15) is 0 Å². The summed E-state index contributed by atoms with van der Waals surface area (Å²) in [6.45, 7) is 1.93. The third-order valence-corrected chi connectivity index (χ3v) is 8.25. The van der Waals surface area contributed by atoms with Gasteiger partial charge < -0.3 is 10.5 Å². The molecule has 2 N–H and O–H groups in total. The molecule has 0 saturated heterocycles. The molecule has 0 atom stereocenters.